The molecule has 0 atom stereocenters. The first-order valence-corrected chi connectivity index (χ1v) is 5.69. The monoisotopic (exact) mass is 232 g/mol. The fourth-order valence-corrected chi connectivity index (χ4v) is 1.53. The molecule has 2 aromatic rings. The van der Waals surface area contributed by atoms with Gasteiger partial charge < -0.3 is 15.0 Å². The number of benzene rings is 1. The molecule has 1 aromatic carbocycles. The van der Waals surface area contributed by atoms with Crippen LogP contribution >= 0.6 is 0 Å². The molecule has 4 nitrogen and oxygen atoms in total. The third-order valence-corrected chi connectivity index (χ3v) is 2.47. The normalized spacial score (nSPS) is 10.4. The summed E-state index contributed by atoms with van der Waals surface area (Å²) < 4.78 is 10.3. The Labute approximate surface area is 100 Å². The fourth-order valence-electron chi connectivity index (χ4n) is 1.53. The van der Waals surface area contributed by atoms with E-state index in [0.717, 1.165) is 30.8 Å². The zero-order valence-corrected chi connectivity index (χ0v) is 9.63. The summed E-state index contributed by atoms with van der Waals surface area (Å²) in [6, 6.07) is 9.84. The molecule has 0 unspecified atom stereocenters. The Bertz CT molecular complexity index is 423. The molecule has 90 valence electrons. The maximum absolute atomic E-state index is 5.56. The maximum Gasteiger partial charge on any atom is 0.134 e. The van der Waals surface area contributed by atoms with E-state index in [0.29, 0.717) is 6.61 Å². The first-order chi connectivity index (χ1) is 8.38. The average Bonchev–Trinajstić information content (AvgIpc) is 2.88. The highest BCUT2D eigenvalue weighted by Crippen LogP contribution is 2.14. The summed E-state index contributed by atoms with van der Waals surface area (Å²) in [6.07, 6.45) is 3.56. The lowest BCUT2D eigenvalue weighted by atomic mass is 10.1. The van der Waals surface area contributed by atoms with E-state index in [2.05, 4.69) is 17.3 Å². The summed E-state index contributed by atoms with van der Waals surface area (Å²) in [5.74, 6) is 0.837. The second-order valence-electron chi connectivity index (χ2n) is 3.82. The van der Waals surface area contributed by atoms with Crippen molar-refractivity contribution in [3.05, 3.63) is 47.9 Å². The molecule has 0 saturated carbocycles. The van der Waals surface area contributed by atoms with Gasteiger partial charge in [-0.2, -0.15) is 0 Å². The molecule has 17 heavy (non-hydrogen) atoms. The number of aromatic nitrogens is 1. The minimum atomic E-state index is 0.429. The molecule has 0 aliphatic carbocycles. The zero-order chi connectivity index (χ0) is 11.9. The topological polar surface area (TPSA) is 61.3 Å². The van der Waals surface area contributed by atoms with Gasteiger partial charge in [0.1, 0.15) is 24.3 Å². The molecule has 0 bridgehead atoms. The standard InChI is InChI=1S/C13H16N2O2/c14-8-1-2-11-3-5-13(6-4-11)16-10-12-7-9-17-15-12/h3-7,9H,1-2,8,10,14H2. The first kappa shape index (κ1) is 11.7. The molecule has 1 heterocycles. The van der Waals surface area contributed by atoms with Gasteiger partial charge in [-0.05, 0) is 37.1 Å². The van der Waals surface area contributed by atoms with Crippen LogP contribution in [-0.4, -0.2) is 11.7 Å². The second-order valence-corrected chi connectivity index (χ2v) is 3.82. The Kier molecular flexibility index (Phi) is 4.16. The minimum Gasteiger partial charge on any atom is -0.487 e. The summed E-state index contributed by atoms with van der Waals surface area (Å²) >= 11 is 0. The molecule has 0 amide bonds. The number of nitrogens with zero attached hydrogens (tertiary/aromatic N) is 1. The fraction of sp³-hybridized carbons (Fsp3) is 0.308. The van der Waals surface area contributed by atoms with E-state index in [1.54, 1.807) is 6.07 Å². The lowest BCUT2D eigenvalue weighted by molar-refractivity contribution is 0.289. The van der Waals surface area contributed by atoms with Crippen LogP contribution < -0.4 is 10.5 Å². The van der Waals surface area contributed by atoms with Gasteiger partial charge in [0.15, 0.2) is 0 Å². The van der Waals surface area contributed by atoms with Crippen molar-refractivity contribution in [3.63, 3.8) is 0 Å². The van der Waals surface area contributed by atoms with Crippen molar-refractivity contribution >= 4 is 0 Å². The SMILES string of the molecule is NCCCc1ccc(OCc2ccon2)cc1. The molecule has 4 heteroatoms. The van der Waals surface area contributed by atoms with E-state index in [1.807, 2.05) is 12.1 Å². The van der Waals surface area contributed by atoms with E-state index in [1.165, 1.54) is 11.8 Å². The summed E-state index contributed by atoms with van der Waals surface area (Å²) in [6.45, 7) is 1.16. The number of hydrogen-bond acceptors (Lipinski definition) is 4. The molecule has 0 fully saturated rings. The van der Waals surface area contributed by atoms with Crippen LogP contribution in [0.4, 0.5) is 0 Å². The molecular weight excluding hydrogens is 216 g/mol. The minimum absolute atomic E-state index is 0.429. The van der Waals surface area contributed by atoms with Gasteiger partial charge in [-0.3, -0.25) is 0 Å². The maximum atomic E-state index is 5.56. The molecule has 0 spiro atoms. The van der Waals surface area contributed by atoms with Gasteiger partial charge in [-0.1, -0.05) is 17.3 Å². The van der Waals surface area contributed by atoms with Crippen molar-refractivity contribution in [1.82, 2.24) is 5.16 Å². The molecule has 2 N–H and O–H groups in total. The number of rotatable bonds is 6. The summed E-state index contributed by atoms with van der Waals surface area (Å²) in [4.78, 5) is 0. The quantitative estimate of drug-likeness (QED) is 0.829. The molecule has 0 aliphatic heterocycles. The van der Waals surface area contributed by atoms with Crippen LogP contribution in [-0.2, 0) is 13.0 Å². The van der Waals surface area contributed by atoms with Crippen LogP contribution in [0.25, 0.3) is 0 Å². The largest absolute Gasteiger partial charge is 0.487 e. The molecule has 0 aliphatic rings. The number of aryl methyl sites for hydroxylation is 1. The van der Waals surface area contributed by atoms with Crippen LogP contribution in [0.1, 0.15) is 17.7 Å². The van der Waals surface area contributed by atoms with Gasteiger partial charge in [0.2, 0.25) is 0 Å². The van der Waals surface area contributed by atoms with Crippen LogP contribution in [0.3, 0.4) is 0 Å². The van der Waals surface area contributed by atoms with Crippen LogP contribution in [0.5, 0.6) is 5.75 Å². The summed E-state index contributed by atoms with van der Waals surface area (Å²) in [7, 11) is 0. The van der Waals surface area contributed by atoms with E-state index in [-0.39, 0.29) is 0 Å². The number of hydrogen-bond donors (Lipinski definition) is 1. The lowest BCUT2D eigenvalue weighted by Gasteiger charge is -2.05. The lowest BCUT2D eigenvalue weighted by Crippen LogP contribution is -2.00. The van der Waals surface area contributed by atoms with Gasteiger partial charge in [0, 0.05) is 6.07 Å². The van der Waals surface area contributed by atoms with E-state index < -0.39 is 0 Å². The van der Waals surface area contributed by atoms with Crippen LogP contribution in [0.2, 0.25) is 0 Å². The van der Waals surface area contributed by atoms with E-state index in [9.17, 15) is 0 Å². The van der Waals surface area contributed by atoms with Crippen molar-refractivity contribution in [2.45, 2.75) is 19.4 Å². The van der Waals surface area contributed by atoms with Gasteiger partial charge in [0.25, 0.3) is 0 Å². The Morgan fingerprint density at radius 1 is 1.18 bits per heavy atom. The predicted octanol–water partition coefficient (Wildman–Crippen LogP) is 2.14. The molecule has 2 rings (SSSR count). The predicted molar refractivity (Wildman–Crippen MR) is 64.7 cm³/mol. The molecule has 0 saturated heterocycles. The Morgan fingerprint density at radius 3 is 2.65 bits per heavy atom. The summed E-state index contributed by atoms with van der Waals surface area (Å²) in [5, 5.41) is 3.78. The van der Waals surface area contributed by atoms with Crippen LogP contribution in [0.15, 0.2) is 41.1 Å². The van der Waals surface area contributed by atoms with Crippen molar-refractivity contribution in [1.29, 1.82) is 0 Å². The first-order valence-electron chi connectivity index (χ1n) is 5.69. The zero-order valence-electron chi connectivity index (χ0n) is 9.63. The van der Waals surface area contributed by atoms with Gasteiger partial charge in [-0.15, -0.1) is 0 Å². The number of ether oxygens (including phenoxy) is 1. The van der Waals surface area contributed by atoms with Gasteiger partial charge in [-0.25, -0.2) is 0 Å². The highest BCUT2D eigenvalue weighted by molar-refractivity contribution is 5.27. The third-order valence-electron chi connectivity index (χ3n) is 2.47. The van der Waals surface area contributed by atoms with Gasteiger partial charge >= 0.3 is 0 Å². The Balaban J connectivity index is 1.85. The van der Waals surface area contributed by atoms with Crippen molar-refractivity contribution in [3.8, 4) is 5.75 Å². The summed E-state index contributed by atoms with van der Waals surface area (Å²) in [5.41, 5.74) is 7.54. The van der Waals surface area contributed by atoms with E-state index in [4.69, 9.17) is 15.0 Å². The second kappa shape index (κ2) is 6.06. The third kappa shape index (κ3) is 3.60. The van der Waals surface area contributed by atoms with Crippen molar-refractivity contribution < 1.29 is 9.26 Å². The van der Waals surface area contributed by atoms with E-state index >= 15 is 0 Å². The number of nitrogens with two attached hydrogens (primary N) is 1. The Morgan fingerprint density at radius 2 is 2.00 bits per heavy atom. The molecule has 1 aromatic heterocycles. The average molecular weight is 232 g/mol. The van der Waals surface area contributed by atoms with Crippen molar-refractivity contribution in [2.24, 2.45) is 5.73 Å². The van der Waals surface area contributed by atoms with Gasteiger partial charge in [0.05, 0.1) is 0 Å². The Hall–Kier alpha value is -1.81. The smallest absolute Gasteiger partial charge is 0.134 e. The highest BCUT2D eigenvalue weighted by Gasteiger charge is 1.99. The van der Waals surface area contributed by atoms with Crippen LogP contribution in [0, 0.1) is 0 Å². The molecule has 0 radical (unpaired) electrons. The van der Waals surface area contributed by atoms with Crippen molar-refractivity contribution in [2.75, 3.05) is 6.54 Å². The molecular formula is C13H16N2O2. The highest BCUT2D eigenvalue weighted by atomic mass is 16.5.